The largest absolute Gasteiger partial charge is 0.393 e. The Hall–Kier alpha value is -0.120. The molecule has 3 N–H and O–H groups in total. The Bertz CT molecular complexity index is 161. The molecule has 1 saturated heterocycles. The molecule has 3 heteroatoms. The fourth-order valence-electron chi connectivity index (χ4n) is 2.32. The van der Waals surface area contributed by atoms with Crippen molar-refractivity contribution in [3.05, 3.63) is 0 Å². The summed E-state index contributed by atoms with van der Waals surface area (Å²) in [6.45, 7) is 8.17. The highest BCUT2D eigenvalue weighted by Gasteiger charge is 2.27. The summed E-state index contributed by atoms with van der Waals surface area (Å²) in [6.07, 6.45) is 1.95. The minimum absolute atomic E-state index is 0.0913. The molecule has 0 amide bonds. The van der Waals surface area contributed by atoms with Crippen LogP contribution in [0.1, 0.15) is 26.7 Å². The average Bonchev–Trinajstić information content (AvgIpc) is 2.10. The number of hydrogen-bond donors (Lipinski definition) is 2. The molecule has 0 saturated carbocycles. The maximum absolute atomic E-state index is 9.85. The molecule has 0 aromatic carbocycles. The smallest absolute Gasteiger partial charge is 0.0592 e. The lowest BCUT2D eigenvalue weighted by atomic mass is 9.87. The summed E-state index contributed by atoms with van der Waals surface area (Å²) in [4.78, 5) is 2.37. The highest BCUT2D eigenvalue weighted by molar-refractivity contribution is 4.80. The summed E-state index contributed by atoms with van der Waals surface area (Å²) in [5, 5.41) is 9.85. The second-order valence-electron chi connectivity index (χ2n) is 4.83. The van der Waals surface area contributed by atoms with Crippen LogP contribution in [0.25, 0.3) is 0 Å². The second kappa shape index (κ2) is 5.69. The first-order valence-corrected chi connectivity index (χ1v) is 5.74. The number of hydrogen-bond acceptors (Lipinski definition) is 3. The summed E-state index contributed by atoms with van der Waals surface area (Å²) in [7, 11) is 0. The van der Waals surface area contributed by atoms with Crippen molar-refractivity contribution in [3.8, 4) is 0 Å². The molecule has 0 aromatic heterocycles. The topological polar surface area (TPSA) is 49.5 Å². The molecular formula is C11H24N2O. The predicted octanol–water partition coefficient (Wildman–Crippen LogP) is 0.674. The van der Waals surface area contributed by atoms with Gasteiger partial charge in [-0.25, -0.2) is 0 Å². The summed E-state index contributed by atoms with van der Waals surface area (Å²) < 4.78 is 0. The Labute approximate surface area is 87.3 Å². The zero-order chi connectivity index (χ0) is 10.6. The molecule has 0 aliphatic carbocycles. The molecule has 84 valence electrons. The van der Waals surface area contributed by atoms with Crippen LogP contribution < -0.4 is 5.73 Å². The van der Waals surface area contributed by atoms with Gasteiger partial charge in [0.05, 0.1) is 6.10 Å². The van der Waals surface area contributed by atoms with Gasteiger partial charge in [-0.1, -0.05) is 13.8 Å². The Morgan fingerprint density at radius 2 is 2.21 bits per heavy atom. The van der Waals surface area contributed by atoms with E-state index in [4.69, 9.17) is 5.73 Å². The van der Waals surface area contributed by atoms with Gasteiger partial charge < -0.3 is 15.7 Å². The molecule has 1 heterocycles. The van der Waals surface area contributed by atoms with Gasteiger partial charge in [0.25, 0.3) is 0 Å². The predicted molar refractivity (Wildman–Crippen MR) is 59.1 cm³/mol. The van der Waals surface area contributed by atoms with Crippen LogP contribution in [0.15, 0.2) is 0 Å². The molecule has 0 aromatic rings. The van der Waals surface area contributed by atoms with Crippen molar-refractivity contribution < 1.29 is 5.11 Å². The first-order chi connectivity index (χ1) is 6.63. The number of nitrogens with two attached hydrogens (primary N) is 1. The zero-order valence-electron chi connectivity index (χ0n) is 9.45. The van der Waals surface area contributed by atoms with E-state index >= 15 is 0 Å². The van der Waals surface area contributed by atoms with Gasteiger partial charge in [0.1, 0.15) is 0 Å². The molecule has 0 unspecified atom stereocenters. The lowest BCUT2D eigenvalue weighted by molar-refractivity contribution is 0.0188. The quantitative estimate of drug-likeness (QED) is 0.701. The van der Waals surface area contributed by atoms with Gasteiger partial charge in [-0.3, -0.25) is 0 Å². The van der Waals surface area contributed by atoms with Crippen LogP contribution in [0, 0.1) is 11.8 Å². The first-order valence-electron chi connectivity index (χ1n) is 5.74. The summed E-state index contributed by atoms with van der Waals surface area (Å²) in [6, 6.07) is 0. The molecule has 1 aliphatic rings. The van der Waals surface area contributed by atoms with E-state index in [0.29, 0.717) is 11.8 Å². The molecule has 2 atom stereocenters. The second-order valence-corrected chi connectivity index (χ2v) is 4.83. The van der Waals surface area contributed by atoms with E-state index in [0.717, 1.165) is 39.0 Å². The Morgan fingerprint density at radius 3 is 2.79 bits per heavy atom. The molecule has 1 fully saturated rings. The van der Waals surface area contributed by atoms with Crippen LogP contribution in [0.3, 0.4) is 0 Å². The van der Waals surface area contributed by atoms with Gasteiger partial charge in [0.15, 0.2) is 0 Å². The SMILES string of the molecule is CC(C)C[C@@H]1CN(CCN)CC[C@@H]1O. The average molecular weight is 200 g/mol. The van der Waals surface area contributed by atoms with Crippen LogP contribution in [0.4, 0.5) is 0 Å². The molecule has 3 nitrogen and oxygen atoms in total. The Kier molecular flexibility index (Phi) is 4.85. The van der Waals surface area contributed by atoms with Gasteiger partial charge in [-0.15, -0.1) is 0 Å². The number of aliphatic hydroxyl groups is 1. The van der Waals surface area contributed by atoms with E-state index < -0.39 is 0 Å². The minimum atomic E-state index is -0.0913. The van der Waals surface area contributed by atoms with E-state index in [-0.39, 0.29) is 6.10 Å². The molecule has 14 heavy (non-hydrogen) atoms. The number of rotatable bonds is 4. The van der Waals surface area contributed by atoms with Crippen LogP contribution in [0.2, 0.25) is 0 Å². The summed E-state index contributed by atoms with van der Waals surface area (Å²) in [5.41, 5.74) is 5.54. The van der Waals surface area contributed by atoms with Crippen LogP contribution >= 0.6 is 0 Å². The number of nitrogens with zero attached hydrogens (tertiary/aromatic N) is 1. The van der Waals surface area contributed by atoms with Crippen LogP contribution in [-0.2, 0) is 0 Å². The minimum Gasteiger partial charge on any atom is -0.393 e. The van der Waals surface area contributed by atoms with Crippen LogP contribution in [0.5, 0.6) is 0 Å². The highest BCUT2D eigenvalue weighted by Crippen LogP contribution is 2.23. The van der Waals surface area contributed by atoms with Gasteiger partial charge in [-0.05, 0) is 24.7 Å². The maximum atomic E-state index is 9.85. The molecule has 0 spiro atoms. The first kappa shape index (κ1) is 12.0. The monoisotopic (exact) mass is 200 g/mol. The lowest BCUT2D eigenvalue weighted by Crippen LogP contribution is -2.45. The zero-order valence-corrected chi connectivity index (χ0v) is 9.45. The fraction of sp³-hybridized carbons (Fsp3) is 1.00. The fourth-order valence-corrected chi connectivity index (χ4v) is 2.32. The van der Waals surface area contributed by atoms with E-state index in [1.54, 1.807) is 0 Å². The van der Waals surface area contributed by atoms with Crippen molar-refractivity contribution >= 4 is 0 Å². The van der Waals surface area contributed by atoms with Gasteiger partial charge in [-0.2, -0.15) is 0 Å². The van der Waals surface area contributed by atoms with Crippen LogP contribution in [-0.4, -0.2) is 42.3 Å². The molecule has 0 radical (unpaired) electrons. The van der Waals surface area contributed by atoms with Crippen molar-refractivity contribution in [3.63, 3.8) is 0 Å². The lowest BCUT2D eigenvalue weighted by Gasteiger charge is -2.36. The normalized spacial score (nSPS) is 29.8. The standard InChI is InChI=1S/C11H24N2O/c1-9(2)7-10-8-13(6-4-12)5-3-11(10)14/h9-11,14H,3-8,12H2,1-2H3/t10-,11+/m1/s1. The van der Waals surface area contributed by atoms with Crippen molar-refractivity contribution in [1.82, 2.24) is 4.90 Å². The van der Waals surface area contributed by atoms with Crippen molar-refractivity contribution in [2.45, 2.75) is 32.8 Å². The highest BCUT2D eigenvalue weighted by atomic mass is 16.3. The third kappa shape index (κ3) is 3.56. The van der Waals surface area contributed by atoms with E-state index in [1.165, 1.54) is 0 Å². The van der Waals surface area contributed by atoms with Crippen molar-refractivity contribution in [2.24, 2.45) is 17.6 Å². The van der Waals surface area contributed by atoms with E-state index in [9.17, 15) is 5.11 Å². The third-order valence-corrected chi connectivity index (χ3v) is 3.00. The van der Waals surface area contributed by atoms with E-state index in [1.807, 2.05) is 0 Å². The van der Waals surface area contributed by atoms with Gasteiger partial charge >= 0.3 is 0 Å². The van der Waals surface area contributed by atoms with Crippen molar-refractivity contribution in [2.75, 3.05) is 26.2 Å². The number of piperidine rings is 1. The van der Waals surface area contributed by atoms with Gasteiger partial charge in [0, 0.05) is 26.2 Å². The number of likely N-dealkylation sites (tertiary alicyclic amines) is 1. The Morgan fingerprint density at radius 1 is 1.50 bits per heavy atom. The van der Waals surface area contributed by atoms with Crippen molar-refractivity contribution in [1.29, 1.82) is 0 Å². The van der Waals surface area contributed by atoms with Gasteiger partial charge in [0.2, 0.25) is 0 Å². The number of aliphatic hydroxyl groups excluding tert-OH is 1. The maximum Gasteiger partial charge on any atom is 0.0592 e. The molecular weight excluding hydrogens is 176 g/mol. The summed E-state index contributed by atoms with van der Waals surface area (Å²) in [5.74, 6) is 1.13. The summed E-state index contributed by atoms with van der Waals surface area (Å²) >= 11 is 0. The molecule has 1 rings (SSSR count). The molecule has 1 aliphatic heterocycles. The third-order valence-electron chi connectivity index (χ3n) is 3.00. The van der Waals surface area contributed by atoms with E-state index in [2.05, 4.69) is 18.7 Å². The Balaban J connectivity index is 2.38. The molecule has 0 bridgehead atoms.